The highest BCUT2D eigenvalue weighted by Crippen LogP contribution is 2.28. The van der Waals surface area contributed by atoms with E-state index in [1.165, 1.54) is 12.5 Å². The number of carbonyl (C=O) groups excluding carboxylic acids is 2. The fourth-order valence-corrected chi connectivity index (χ4v) is 4.13. The van der Waals surface area contributed by atoms with Gasteiger partial charge in [-0.3, -0.25) is 14.4 Å². The van der Waals surface area contributed by atoms with Crippen LogP contribution in [-0.2, 0) is 16.1 Å². The summed E-state index contributed by atoms with van der Waals surface area (Å²) < 4.78 is 0. The number of fused-ring (bicyclic) bond motifs is 1. The SMILES string of the molecule is O=C(CO/[NH+]=C1\C=C\CC/C=C/CCNC(=O)c2c(O)cc(O)cc2C1)NC1CCCCC1. The average Bonchev–Trinajstić information content (AvgIpc) is 2.77. The summed E-state index contributed by atoms with van der Waals surface area (Å²) in [5, 5.41) is 28.9. The summed E-state index contributed by atoms with van der Waals surface area (Å²) in [4.78, 5) is 30.4. The zero-order valence-corrected chi connectivity index (χ0v) is 18.9. The van der Waals surface area contributed by atoms with Crippen molar-refractivity contribution in [3.05, 3.63) is 47.6 Å². The molecule has 0 bridgehead atoms. The van der Waals surface area contributed by atoms with Crippen LogP contribution in [0.5, 0.6) is 11.5 Å². The predicted molar refractivity (Wildman–Crippen MR) is 125 cm³/mol. The maximum atomic E-state index is 12.7. The van der Waals surface area contributed by atoms with E-state index in [0.717, 1.165) is 44.6 Å². The van der Waals surface area contributed by atoms with Gasteiger partial charge >= 0.3 is 0 Å². The molecule has 1 aromatic rings. The zero-order chi connectivity index (χ0) is 23.5. The van der Waals surface area contributed by atoms with Crippen LogP contribution < -0.4 is 15.8 Å². The zero-order valence-electron chi connectivity index (χ0n) is 18.9. The summed E-state index contributed by atoms with van der Waals surface area (Å²) in [5.41, 5.74) is 1.15. The maximum Gasteiger partial charge on any atom is 0.265 e. The van der Waals surface area contributed by atoms with Gasteiger partial charge in [-0.25, -0.2) is 0 Å². The lowest BCUT2D eigenvalue weighted by Crippen LogP contribution is -2.73. The molecular weight excluding hydrogens is 422 g/mol. The van der Waals surface area contributed by atoms with E-state index in [4.69, 9.17) is 4.84 Å². The molecule has 0 saturated heterocycles. The Morgan fingerprint density at radius 3 is 2.67 bits per heavy atom. The van der Waals surface area contributed by atoms with Crippen LogP contribution >= 0.6 is 0 Å². The second-order valence-corrected chi connectivity index (χ2v) is 8.49. The Kier molecular flexibility index (Phi) is 9.35. The number of hydrogen-bond acceptors (Lipinski definition) is 5. The lowest BCUT2D eigenvalue weighted by Gasteiger charge is -2.22. The molecule has 0 unspecified atom stereocenters. The molecule has 0 aromatic heterocycles. The number of rotatable bonds is 4. The largest absolute Gasteiger partial charge is 0.508 e. The molecule has 0 radical (unpaired) electrons. The summed E-state index contributed by atoms with van der Waals surface area (Å²) in [6.45, 7) is 0.300. The van der Waals surface area contributed by atoms with Crippen LogP contribution in [0.25, 0.3) is 0 Å². The summed E-state index contributed by atoms with van der Waals surface area (Å²) >= 11 is 0. The van der Waals surface area contributed by atoms with E-state index in [0.29, 0.717) is 24.2 Å². The molecule has 0 spiro atoms. The van der Waals surface area contributed by atoms with Crippen molar-refractivity contribution >= 4 is 17.5 Å². The van der Waals surface area contributed by atoms with Gasteiger partial charge in [0, 0.05) is 24.7 Å². The van der Waals surface area contributed by atoms with Gasteiger partial charge < -0.3 is 20.8 Å². The summed E-state index contributed by atoms with van der Waals surface area (Å²) in [6.07, 6.45) is 15.9. The summed E-state index contributed by atoms with van der Waals surface area (Å²) in [5.74, 6) is -1.02. The van der Waals surface area contributed by atoms with E-state index in [2.05, 4.69) is 21.9 Å². The summed E-state index contributed by atoms with van der Waals surface area (Å²) in [6, 6.07) is 2.81. The van der Waals surface area contributed by atoms with Crippen molar-refractivity contribution in [2.45, 2.75) is 63.8 Å². The smallest absolute Gasteiger partial charge is 0.265 e. The van der Waals surface area contributed by atoms with Crippen LogP contribution in [0.15, 0.2) is 36.4 Å². The second kappa shape index (κ2) is 12.7. The standard InChI is InChI=1S/C25H33N3O5/c29-21-15-18-14-20(28-33-17-23(31)27-19-10-7-5-8-11-19)12-6-3-1-2-4-9-13-26-25(32)24(18)22(30)16-21/h2,4,6,12,15-16,19,29-30H,1,3,5,7-11,13-14,17H2,(H,26,32)(H,27,31)/p+1/b4-2+,12-6+,28-20+. The Labute approximate surface area is 194 Å². The monoisotopic (exact) mass is 456 g/mol. The minimum absolute atomic E-state index is 0.108. The van der Waals surface area contributed by atoms with Crippen LogP contribution in [-0.4, -0.2) is 46.9 Å². The van der Waals surface area contributed by atoms with Gasteiger partial charge in [0.25, 0.3) is 11.8 Å². The number of aromatic hydroxyl groups is 2. The molecule has 1 heterocycles. The van der Waals surface area contributed by atoms with E-state index >= 15 is 0 Å². The van der Waals surface area contributed by atoms with Crippen molar-refractivity contribution in [1.82, 2.24) is 10.6 Å². The van der Waals surface area contributed by atoms with Crippen molar-refractivity contribution in [2.75, 3.05) is 13.2 Å². The lowest BCUT2D eigenvalue weighted by atomic mass is 9.95. The van der Waals surface area contributed by atoms with Crippen molar-refractivity contribution < 1.29 is 29.8 Å². The third kappa shape index (κ3) is 7.97. The number of phenols is 2. The molecule has 1 aliphatic heterocycles. The Balaban J connectivity index is 1.75. The molecule has 3 rings (SSSR count). The Bertz CT molecular complexity index is 917. The van der Waals surface area contributed by atoms with Crippen LogP contribution in [0.1, 0.15) is 67.3 Å². The van der Waals surface area contributed by atoms with Gasteiger partial charge in [-0.05, 0) is 48.9 Å². The first-order valence-electron chi connectivity index (χ1n) is 11.7. The Morgan fingerprint density at radius 2 is 1.85 bits per heavy atom. The molecule has 1 aromatic carbocycles. The Hall–Kier alpha value is -3.29. The average molecular weight is 457 g/mol. The minimum atomic E-state index is -0.413. The molecule has 2 aliphatic rings. The van der Waals surface area contributed by atoms with E-state index in [9.17, 15) is 19.8 Å². The predicted octanol–water partition coefficient (Wildman–Crippen LogP) is 1.57. The van der Waals surface area contributed by atoms with Crippen molar-refractivity contribution in [2.24, 2.45) is 0 Å². The van der Waals surface area contributed by atoms with Crippen molar-refractivity contribution in [1.29, 1.82) is 0 Å². The van der Waals surface area contributed by atoms with Crippen LogP contribution in [0.3, 0.4) is 0 Å². The number of phenolic OH excluding ortho intramolecular Hbond substituents is 2. The highest BCUT2D eigenvalue weighted by Gasteiger charge is 2.21. The number of allylic oxidation sites excluding steroid dienone is 3. The minimum Gasteiger partial charge on any atom is -0.508 e. The van der Waals surface area contributed by atoms with Crippen LogP contribution in [0.4, 0.5) is 0 Å². The first-order chi connectivity index (χ1) is 16.0. The maximum absolute atomic E-state index is 12.7. The molecule has 1 aliphatic carbocycles. The molecule has 178 valence electrons. The highest BCUT2D eigenvalue weighted by atomic mass is 16.6. The van der Waals surface area contributed by atoms with Gasteiger partial charge in [-0.2, -0.15) is 0 Å². The van der Waals surface area contributed by atoms with Gasteiger partial charge in [0.15, 0.2) is 0 Å². The van der Waals surface area contributed by atoms with Gasteiger partial charge in [0.2, 0.25) is 12.3 Å². The Morgan fingerprint density at radius 1 is 1.09 bits per heavy atom. The number of carbonyl (C=O) groups is 2. The molecular formula is C25H34N3O5+. The number of nitrogens with one attached hydrogen (secondary N) is 3. The van der Waals surface area contributed by atoms with Gasteiger partial charge in [-0.15, -0.1) is 0 Å². The first kappa shape index (κ1) is 24.4. The number of benzene rings is 1. The fourth-order valence-electron chi connectivity index (χ4n) is 4.13. The number of hydrogen-bond donors (Lipinski definition) is 5. The van der Waals surface area contributed by atoms with E-state index in [1.54, 1.807) is 0 Å². The molecule has 5 N–H and O–H groups in total. The van der Waals surface area contributed by atoms with Gasteiger partial charge in [0.05, 0.1) is 12.0 Å². The quantitative estimate of drug-likeness (QED) is 0.348. The molecule has 1 saturated carbocycles. The van der Waals surface area contributed by atoms with E-state index in [1.807, 2.05) is 18.2 Å². The fraction of sp³-hybridized carbons (Fsp3) is 0.480. The molecule has 2 amide bonds. The summed E-state index contributed by atoms with van der Waals surface area (Å²) in [7, 11) is 0. The highest BCUT2D eigenvalue weighted by molar-refractivity contribution is 6.01. The third-order valence-electron chi connectivity index (χ3n) is 5.75. The molecule has 1 fully saturated rings. The van der Waals surface area contributed by atoms with Crippen LogP contribution in [0.2, 0.25) is 0 Å². The normalized spacial score (nSPS) is 21.3. The first-order valence-corrected chi connectivity index (χ1v) is 11.7. The van der Waals surface area contributed by atoms with Crippen LogP contribution in [0, 0.1) is 0 Å². The van der Waals surface area contributed by atoms with Crippen molar-refractivity contribution in [3.8, 4) is 11.5 Å². The molecule has 0 atom stereocenters. The molecule has 33 heavy (non-hydrogen) atoms. The van der Waals surface area contributed by atoms with E-state index < -0.39 is 5.91 Å². The van der Waals surface area contributed by atoms with Gasteiger partial charge in [0.1, 0.15) is 11.5 Å². The lowest BCUT2D eigenvalue weighted by molar-refractivity contribution is -0.749. The molecule has 8 nitrogen and oxygen atoms in total. The topological polar surface area (TPSA) is 122 Å². The van der Waals surface area contributed by atoms with Gasteiger partial charge in [-0.1, -0.05) is 37.5 Å². The second-order valence-electron chi connectivity index (χ2n) is 8.49. The van der Waals surface area contributed by atoms with E-state index in [-0.39, 0.29) is 42.0 Å². The molecule has 8 heteroatoms. The number of amides is 2. The van der Waals surface area contributed by atoms with Crippen molar-refractivity contribution in [3.63, 3.8) is 0 Å². The third-order valence-corrected chi connectivity index (χ3v) is 5.75.